The van der Waals surface area contributed by atoms with Gasteiger partial charge >= 0.3 is 0 Å². The van der Waals surface area contributed by atoms with E-state index in [2.05, 4.69) is 16.8 Å². The Hall–Kier alpha value is -2.38. The zero-order chi connectivity index (χ0) is 23.0. The van der Waals surface area contributed by atoms with Gasteiger partial charge in [0.05, 0.1) is 12.2 Å². The third-order valence-electron chi connectivity index (χ3n) is 9.26. The maximum absolute atomic E-state index is 13.0. The lowest BCUT2D eigenvalue weighted by Gasteiger charge is -2.31. The summed E-state index contributed by atoms with van der Waals surface area (Å²) < 4.78 is 12.7. The lowest BCUT2D eigenvalue weighted by molar-refractivity contribution is -0.126. The Bertz CT molecular complexity index is 1040. The molecule has 1 aliphatic carbocycles. The molecule has 180 valence electrons. The van der Waals surface area contributed by atoms with Crippen LogP contribution in [0.5, 0.6) is 5.75 Å². The van der Waals surface area contributed by atoms with Crippen molar-refractivity contribution in [3.63, 3.8) is 0 Å². The molecular formula is C27H33N3O4. The maximum Gasteiger partial charge on any atom is 0.255 e. The summed E-state index contributed by atoms with van der Waals surface area (Å²) in [6.07, 6.45) is 8.46. The van der Waals surface area contributed by atoms with Gasteiger partial charge in [-0.3, -0.25) is 14.5 Å². The van der Waals surface area contributed by atoms with Crippen molar-refractivity contribution in [2.45, 2.75) is 81.9 Å². The first-order valence-corrected chi connectivity index (χ1v) is 13.0. The van der Waals surface area contributed by atoms with Crippen molar-refractivity contribution in [3.05, 3.63) is 41.6 Å². The van der Waals surface area contributed by atoms with Crippen LogP contribution in [0.2, 0.25) is 0 Å². The molecule has 5 heterocycles. The van der Waals surface area contributed by atoms with Crippen LogP contribution in [0.4, 0.5) is 0 Å². The molecule has 1 saturated carbocycles. The monoisotopic (exact) mass is 463 g/mol. The Kier molecular flexibility index (Phi) is 4.82. The molecule has 0 aromatic heterocycles. The van der Waals surface area contributed by atoms with Crippen LogP contribution in [0.15, 0.2) is 30.5 Å². The van der Waals surface area contributed by atoms with E-state index < -0.39 is 6.04 Å². The molecule has 4 saturated heterocycles. The number of allylic oxidation sites excluding steroid dienone is 1. The molecule has 6 aliphatic rings. The van der Waals surface area contributed by atoms with Crippen LogP contribution < -0.4 is 10.1 Å². The molecule has 7 nitrogen and oxygen atoms in total. The SMILES string of the molecule is C=C1CCC(N2Cc3cc(O[C@@H]4CCC[C@@H]4N4C[C@@H]5[C@H](C4)[C@H]4CC[C@@H]5O4)ccc3C2=O)C(=O)N1. The van der Waals surface area contributed by atoms with Gasteiger partial charge < -0.3 is 19.7 Å². The smallest absolute Gasteiger partial charge is 0.255 e. The number of amides is 2. The van der Waals surface area contributed by atoms with Gasteiger partial charge in [0.2, 0.25) is 5.91 Å². The van der Waals surface area contributed by atoms with Crippen LogP contribution in [0.3, 0.4) is 0 Å². The van der Waals surface area contributed by atoms with Crippen molar-refractivity contribution in [2.24, 2.45) is 11.8 Å². The quantitative estimate of drug-likeness (QED) is 0.744. The Morgan fingerprint density at radius 2 is 1.82 bits per heavy atom. The summed E-state index contributed by atoms with van der Waals surface area (Å²) in [6.45, 7) is 6.61. The summed E-state index contributed by atoms with van der Waals surface area (Å²) in [4.78, 5) is 29.9. The maximum atomic E-state index is 13.0. The molecule has 5 aliphatic heterocycles. The minimum atomic E-state index is -0.428. The highest BCUT2D eigenvalue weighted by Gasteiger charge is 2.54. The number of piperidine rings is 1. The Morgan fingerprint density at radius 1 is 1.03 bits per heavy atom. The third kappa shape index (κ3) is 3.23. The highest BCUT2D eigenvalue weighted by molar-refractivity contribution is 6.01. The van der Waals surface area contributed by atoms with E-state index in [9.17, 15) is 9.59 Å². The highest BCUT2D eigenvalue weighted by atomic mass is 16.5. The second kappa shape index (κ2) is 7.82. The van der Waals surface area contributed by atoms with Crippen molar-refractivity contribution in [2.75, 3.05) is 13.1 Å². The molecule has 7 rings (SSSR count). The van der Waals surface area contributed by atoms with Crippen LogP contribution in [-0.4, -0.2) is 65.1 Å². The van der Waals surface area contributed by atoms with E-state index in [0.717, 1.165) is 36.5 Å². The van der Waals surface area contributed by atoms with E-state index in [0.29, 0.717) is 55.0 Å². The van der Waals surface area contributed by atoms with Gasteiger partial charge in [-0.05, 0) is 68.7 Å². The summed E-state index contributed by atoms with van der Waals surface area (Å²) in [7, 11) is 0. The average molecular weight is 464 g/mol. The van der Waals surface area contributed by atoms with Crippen molar-refractivity contribution < 1.29 is 19.1 Å². The average Bonchev–Trinajstić information content (AvgIpc) is 3.62. The highest BCUT2D eigenvalue weighted by Crippen LogP contribution is 2.48. The first-order valence-electron chi connectivity index (χ1n) is 13.0. The molecule has 2 amide bonds. The topological polar surface area (TPSA) is 71.1 Å². The van der Waals surface area contributed by atoms with Gasteiger partial charge in [-0.1, -0.05) is 6.58 Å². The number of carbonyl (C=O) groups is 2. The number of likely N-dealkylation sites (tertiary alicyclic amines) is 1. The minimum Gasteiger partial charge on any atom is -0.489 e. The second-order valence-electron chi connectivity index (χ2n) is 11.1. The van der Waals surface area contributed by atoms with E-state index in [-0.39, 0.29) is 17.9 Å². The molecular weight excluding hydrogens is 430 g/mol. The van der Waals surface area contributed by atoms with Crippen molar-refractivity contribution in [1.29, 1.82) is 0 Å². The van der Waals surface area contributed by atoms with Gasteiger partial charge in [0.25, 0.3) is 5.91 Å². The lowest BCUT2D eigenvalue weighted by atomic mass is 9.82. The fourth-order valence-corrected chi connectivity index (χ4v) is 7.60. The molecule has 0 radical (unpaired) electrons. The number of hydrogen-bond acceptors (Lipinski definition) is 5. The first-order chi connectivity index (χ1) is 16.5. The molecule has 7 heteroatoms. The van der Waals surface area contributed by atoms with Crippen LogP contribution in [0.25, 0.3) is 0 Å². The van der Waals surface area contributed by atoms with Crippen molar-refractivity contribution >= 4 is 11.8 Å². The Labute approximate surface area is 200 Å². The molecule has 7 atom stereocenters. The number of rotatable bonds is 4. The van der Waals surface area contributed by atoms with Crippen LogP contribution >= 0.6 is 0 Å². The van der Waals surface area contributed by atoms with Gasteiger partial charge in [0.1, 0.15) is 17.9 Å². The number of fused-ring (bicyclic) bond motifs is 6. The van der Waals surface area contributed by atoms with Crippen LogP contribution in [-0.2, 0) is 16.1 Å². The number of nitrogens with zero attached hydrogens (tertiary/aromatic N) is 2. The zero-order valence-corrected chi connectivity index (χ0v) is 19.6. The summed E-state index contributed by atoms with van der Waals surface area (Å²) in [5, 5.41) is 2.80. The fraction of sp³-hybridized carbons (Fsp3) is 0.630. The van der Waals surface area contributed by atoms with Crippen LogP contribution in [0, 0.1) is 11.8 Å². The summed E-state index contributed by atoms with van der Waals surface area (Å²) in [5.74, 6) is 2.08. The first kappa shape index (κ1) is 20.9. The van der Waals surface area contributed by atoms with Gasteiger partial charge in [0, 0.05) is 48.8 Å². The van der Waals surface area contributed by atoms with Gasteiger partial charge in [-0.15, -0.1) is 0 Å². The van der Waals surface area contributed by atoms with Gasteiger partial charge in [-0.2, -0.15) is 0 Å². The largest absolute Gasteiger partial charge is 0.489 e. The molecule has 5 fully saturated rings. The van der Waals surface area contributed by atoms with E-state index in [1.54, 1.807) is 4.90 Å². The van der Waals surface area contributed by atoms with E-state index >= 15 is 0 Å². The molecule has 1 unspecified atom stereocenters. The predicted octanol–water partition coefficient (Wildman–Crippen LogP) is 2.84. The number of ether oxygens (including phenoxy) is 2. The van der Waals surface area contributed by atoms with Gasteiger partial charge in [-0.25, -0.2) is 0 Å². The molecule has 34 heavy (non-hydrogen) atoms. The van der Waals surface area contributed by atoms with Crippen molar-refractivity contribution in [3.8, 4) is 5.75 Å². The molecule has 1 aromatic rings. The third-order valence-corrected chi connectivity index (χ3v) is 9.26. The van der Waals surface area contributed by atoms with E-state index in [4.69, 9.17) is 9.47 Å². The summed E-state index contributed by atoms with van der Waals surface area (Å²) >= 11 is 0. The number of hydrogen-bond donors (Lipinski definition) is 1. The lowest BCUT2D eigenvalue weighted by Crippen LogP contribution is -2.49. The number of nitrogens with one attached hydrogen (secondary N) is 1. The van der Waals surface area contributed by atoms with Crippen molar-refractivity contribution in [1.82, 2.24) is 15.1 Å². The molecule has 1 aromatic carbocycles. The Morgan fingerprint density at radius 3 is 2.59 bits per heavy atom. The molecule has 2 bridgehead atoms. The summed E-state index contributed by atoms with van der Waals surface area (Å²) in [5.41, 5.74) is 2.38. The van der Waals surface area contributed by atoms with E-state index in [1.807, 2.05) is 18.2 Å². The Balaban J connectivity index is 1.04. The number of benzene rings is 1. The van der Waals surface area contributed by atoms with E-state index in [1.165, 1.54) is 25.7 Å². The number of carbonyl (C=O) groups excluding carboxylic acids is 2. The fourth-order valence-electron chi connectivity index (χ4n) is 7.60. The summed E-state index contributed by atoms with van der Waals surface area (Å²) in [6, 6.07) is 5.88. The standard InChI is InChI=1S/C27H33N3O4/c1-15-5-8-22(26(31)28-15)30-12-16-11-17(6-7-18(16)27(30)32)33-25-4-2-3-21(25)29-13-19-20(14-29)24-10-9-23(19)34-24/h6-7,11,19-25H,1-5,8-10,12-14H2,(H,28,31)/t19-,20+,21-,22?,23+,24-,25+/m0/s1. The minimum absolute atomic E-state index is 0.0617. The zero-order valence-electron chi connectivity index (χ0n) is 19.6. The normalized spacial score (nSPS) is 39.0. The predicted molar refractivity (Wildman–Crippen MR) is 125 cm³/mol. The van der Waals surface area contributed by atoms with Gasteiger partial charge in [0.15, 0.2) is 0 Å². The second-order valence-corrected chi connectivity index (χ2v) is 11.1. The van der Waals surface area contributed by atoms with Crippen LogP contribution in [0.1, 0.15) is 60.9 Å². The molecule has 0 spiro atoms. The molecule has 1 N–H and O–H groups in total.